The lowest BCUT2D eigenvalue weighted by Crippen LogP contribution is -2.01. The van der Waals surface area contributed by atoms with Crippen LogP contribution in [-0.2, 0) is 0 Å². The molecule has 9 aromatic carbocycles. The molecule has 0 N–H and O–H groups in total. The fraction of sp³-hybridized carbons (Fsp3) is 0. The van der Waals surface area contributed by atoms with Crippen LogP contribution >= 0.6 is 0 Å². The summed E-state index contributed by atoms with van der Waals surface area (Å²) in [4.78, 5) is 0. The standard InChI is InChI=1S/C57H33N5/c58-34-37-25-27-56-52(29-37)53-30-38(35-59)26-28-57(53)62(56)42-32-40(31-41(33-42)61-54-23-11-9-21-50(54)51-22-10-12-24-55(51)61)44-15-3-4-17-46(44)48-19-7-8-20-49(48)47-18-6-5-16-45(47)43-14-2-1-13-39(43)36-60/h1-33H. The first-order valence-corrected chi connectivity index (χ1v) is 20.4. The summed E-state index contributed by atoms with van der Waals surface area (Å²) in [6.07, 6.45) is 0. The van der Waals surface area contributed by atoms with E-state index in [0.717, 1.165) is 88.7 Å². The molecule has 286 valence electrons. The van der Waals surface area contributed by atoms with Gasteiger partial charge in [0.25, 0.3) is 0 Å². The first kappa shape index (κ1) is 36.2. The summed E-state index contributed by atoms with van der Waals surface area (Å²) in [6, 6.07) is 75.7. The Bertz CT molecular complexity index is 3620. The van der Waals surface area contributed by atoms with Gasteiger partial charge in [-0.05, 0) is 112 Å². The molecule has 62 heavy (non-hydrogen) atoms. The van der Waals surface area contributed by atoms with Crippen LogP contribution in [0.3, 0.4) is 0 Å². The van der Waals surface area contributed by atoms with E-state index in [2.05, 4.69) is 161 Å². The molecule has 0 bridgehead atoms. The van der Waals surface area contributed by atoms with Crippen molar-refractivity contribution in [3.05, 3.63) is 217 Å². The van der Waals surface area contributed by atoms with Crippen LogP contribution in [-0.4, -0.2) is 9.13 Å². The van der Waals surface area contributed by atoms with Crippen LogP contribution in [0.4, 0.5) is 0 Å². The van der Waals surface area contributed by atoms with Crippen LogP contribution in [0.2, 0.25) is 0 Å². The Morgan fingerprint density at radius 1 is 0.290 bits per heavy atom. The number of aromatic nitrogens is 2. The largest absolute Gasteiger partial charge is 0.309 e. The molecule has 5 heteroatoms. The number of para-hydroxylation sites is 2. The van der Waals surface area contributed by atoms with Crippen molar-refractivity contribution >= 4 is 43.6 Å². The van der Waals surface area contributed by atoms with Gasteiger partial charge in [0.1, 0.15) is 0 Å². The Kier molecular flexibility index (Phi) is 8.57. The number of rotatable bonds is 6. The molecule has 0 spiro atoms. The van der Waals surface area contributed by atoms with Crippen LogP contribution in [0.1, 0.15) is 16.7 Å². The number of fused-ring (bicyclic) bond motifs is 6. The van der Waals surface area contributed by atoms with Crippen molar-refractivity contribution in [2.45, 2.75) is 0 Å². The number of nitrogens with zero attached hydrogens (tertiary/aromatic N) is 5. The molecule has 11 rings (SSSR count). The zero-order chi connectivity index (χ0) is 41.7. The van der Waals surface area contributed by atoms with E-state index in [1.54, 1.807) is 0 Å². The number of hydrogen-bond donors (Lipinski definition) is 0. The number of benzene rings is 9. The second kappa shape index (κ2) is 14.7. The molecular weight excluding hydrogens is 755 g/mol. The maximum Gasteiger partial charge on any atom is 0.0998 e. The van der Waals surface area contributed by atoms with Gasteiger partial charge in [0.05, 0.1) is 57.0 Å². The van der Waals surface area contributed by atoms with E-state index in [-0.39, 0.29) is 0 Å². The normalized spacial score (nSPS) is 11.2. The molecule has 0 radical (unpaired) electrons. The van der Waals surface area contributed by atoms with Gasteiger partial charge in [0, 0.05) is 38.5 Å². The van der Waals surface area contributed by atoms with E-state index in [4.69, 9.17) is 0 Å². The number of nitriles is 3. The molecule has 0 fully saturated rings. The fourth-order valence-corrected chi connectivity index (χ4v) is 9.34. The van der Waals surface area contributed by atoms with Gasteiger partial charge in [-0.15, -0.1) is 0 Å². The second-order valence-corrected chi connectivity index (χ2v) is 15.4. The van der Waals surface area contributed by atoms with Crippen molar-refractivity contribution < 1.29 is 0 Å². The highest BCUT2D eigenvalue weighted by atomic mass is 15.0. The third-order valence-corrected chi connectivity index (χ3v) is 12.0. The Morgan fingerprint density at radius 2 is 0.661 bits per heavy atom. The predicted molar refractivity (Wildman–Crippen MR) is 251 cm³/mol. The summed E-state index contributed by atoms with van der Waals surface area (Å²) in [5.74, 6) is 0. The molecule has 0 saturated heterocycles. The van der Waals surface area contributed by atoms with Gasteiger partial charge in [0.2, 0.25) is 0 Å². The molecule has 2 heterocycles. The van der Waals surface area contributed by atoms with Crippen LogP contribution in [0, 0.1) is 34.0 Å². The first-order valence-electron chi connectivity index (χ1n) is 20.4. The Hall–Kier alpha value is -8.95. The van der Waals surface area contributed by atoms with Gasteiger partial charge in [-0.25, -0.2) is 0 Å². The van der Waals surface area contributed by atoms with Crippen molar-refractivity contribution in [3.63, 3.8) is 0 Å². The topological polar surface area (TPSA) is 81.2 Å². The maximum absolute atomic E-state index is 10.1. The number of hydrogen-bond acceptors (Lipinski definition) is 3. The lowest BCUT2D eigenvalue weighted by Gasteiger charge is -2.19. The van der Waals surface area contributed by atoms with Gasteiger partial charge in [0.15, 0.2) is 0 Å². The highest BCUT2D eigenvalue weighted by molar-refractivity contribution is 6.11. The smallest absolute Gasteiger partial charge is 0.0998 e. The van der Waals surface area contributed by atoms with Crippen molar-refractivity contribution in [1.29, 1.82) is 15.8 Å². The quantitative estimate of drug-likeness (QED) is 0.168. The van der Waals surface area contributed by atoms with Gasteiger partial charge in [-0.3, -0.25) is 0 Å². The van der Waals surface area contributed by atoms with Crippen molar-refractivity contribution in [2.75, 3.05) is 0 Å². The van der Waals surface area contributed by atoms with Gasteiger partial charge < -0.3 is 9.13 Å². The summed E-state index contributed by atoms with van der Waals surface area (Å²) in [5, 5.41) is 34.2. The minimum atomic E-state index is 0.559. The molecule has 0 unspecified atom stereocenters. The molecule has 0 amide bonds. The van der Waals surface area contributed by atoms with Crippen molar-refractivity contribution in [1.82, 2.24) is 9.13 Å². The minimum absolute atomic E-state index is 0.559. The monoisotopic (exact) mass is 787 g/mol. The third kappa shape index (κ3) is 5.76. The van der Waals surface area contributed by atoms with E-state index < -0.39 is 0 Å². The molecular formula is C57H33N5. The Balaban J connectivity index is 1.21. The average molecular weight is 788 g/mol. The predicted octanol–water partition coefficient (Wildman–Crippen LogP) is 14.2. The molecule has 0 saturated carbocycles. The molecule has 11 aromatic rings. The summed E-state index contributed by atoms with van der Waals surface area (Å²) in [5.41, 5.74) is 16.0. The summed E-state index contributed by atoms with van der Waals surface area (Å²) in [6.45, 7) is 0. The highest BCUT2D eigenvalue weighted by Crippen LogP contribution is 2.44. The molecule has 0 atom stereocenters. The molecule has 0 aliphatic carbocycles. The first-order chi connectivity index (χ1) is 30.6. The lowest BCUT2D eigenvalue weighted by molar-refractivity contribution is 1.13. The summed E-state index contributed by atoms with van der Waals surface area (Å²) >= 11 is 0. The Morgan fingerprint density at radius 3 is 1.13 bits per heavy atom. The van der Waals surface area contributed by atoms with E-state index in [0.29, 0.717) is 16.7 Å². The van der Waals surface area contributed by atoms with Gasteiger partial charge in [-0.2, -0.15) is 15.8 Å². The van der Waals surface area contributed by atoms with Gasteiger partial charge in [-0.1, -0.05) is 127 Å². The zero-order valence-corrected chi connectivity index (χ0v) is 33.3. The molecule has 0 aliphatic rings. The Labute approximate surface area is 358 Å². The fourth-order valence-electron chi connectivity index (χ4n) is 9.34. The molecule has 0 aliphatic heterocycles. The maximum atomic E-state index is 10.1. The summed E-state index contributed by atoms with van der Waals surface area (Å²) < 4.78 is 4.61. The SMILES string of the molecule is N#Cc1ccc2c(c1)c1cc(C#N)ccc1n2-c1cc(-c2ccccc2-c2ccccc2-c2ccccc2-c2ccccc2C#N)cc(-n2c3ccccc3c3ccccc32)c1. The molecule has 2 aromatic heterocycles. The average Bonchev–Trinajstić information content (AvgIpc) is 3.86. The zero-order valence-electron chi connectivity index (χ0n) is 33.3. The van der Waals surface area contributed by atoms with E-state index >= 15 is 0 Å². The molecule has 5 nitrogen and oxygen atoms in total. The minimum Gasteiger partial charge on any atom is -0.309 e. The highest BCUT2D eigenvalue weighted by Gasteiger charge is 2.21. The van der Waals surface area contributed by atoms with Crippen LogP contribution in [0.25, 0.3) is 99.5 Å². The summed E-state index contributed by atoms with van der Waals surface area (Å²) in [7, 11) is 0. The van der Waals surface area contributed by atoms with Crippen molar-refractivity contribution in [2.24, 2.45) is 0 Å². The van der Waals surface area contributed by atoms with Crippen LogP contribution < -0.4 is 0 Å². The van der Waals surface area contributed by atoms with Crippen LogP contribution in [0.15, 0.2) is 200 Å². The van der Waals surface area contributed by atoms with Crippen LogP contribution in [0.5, 0.6) is 0 Å². The van der Waals surface area contributed by atoms with Crippen molar-refractivity contribution in [3.8, 4) is 74.1 Å². The van der Waals surface area contributed by atoms with E-state index in [1.165, 1.54) is 10.8 Å². The third-order valence-electron chi connectivity index (χ3n) is 12.0. The van der Waals surface area contributed by atoms with E-state index in [1.807, 2.05) is 66.7 Å². The second-order valence-electron chi connectivity index (χ2n) is 15.4. The van der Waals surface area contributed by atoms with Gasteiger partial charge >= 0.3 is 0 Å². The van der Waals surface area contributed by atoms with E-state index in [9.17, 15) is 15.8 Å². The lowest BCUT2D eigenvalue weighted by atomic mass is 9.86.